The fourth-order valence-electron chi connectivity index (χ4n) is 6.57. The summed E-state index contributed by atoms with van der Waals surface area (Å²) in [5.41, 5.74) is 4.44. The van der Waals surface area contributed by atoms with Gasteiger partial charge in [0.2, 0.25) is 31.9 Å². The van der Waals surface area contributed by atoms with Crippen LogP contribution in [0.5, 0.6) is 0 Å². The fourth-order valence-corrected chi connectivity index (χ4v) is 8.96. The van der Waals surface area contributed by atoms with E-state index in [4.69, 9.17) is 0 Å². The van der Waals surface area contributed by atoms with Gasteiger partial charge in [-0.1, -0.05) is 157 Å². The molecule has 6 aromatic carbocycles. The average molecular weight is 815 g/mol. The molecule has 0 saturated carbocycles. The molecule has 6 rings (SSSR count). The van der Waals surface area contributed by atoms with E-state index >= 15 is 0 Å². The van der Waals surface area contributed by atoms with Crippen LogP contribution in [0.4, 0.5) is 0 Å². The summed E-state index contributed by atoms with van der Waals surface area (Å²) < 4.78 is 60.3. The van der Waals surface area contributed by atoms with E-state index in [-0.39, 0.29) is 22.6 Å². The molecule has 2 amide bonds. The summed E-state index contributed by atoms with van der Waals surface area (Å²) in [5.74, 6) is -1.27. The Kier molecular flexibility index (Phi) is 13.7. The Morgan fingerprint density at radius 2 is 0.724 bits per heavy atom. The van der Waals surface area contributed by atoms with Crippen molar-refractivity contribution in [3.63, 3.8) is 0 Å². The first-order valence-corrected chi connectivity index (χ1v) is 21.8. The van der Waals surface area contributed by atoms with E-state index in [0.717, 1.165) is 22.3 Å². The van der Waals surface area contributed by atoms with Crippen LogP contribution in [0.1, 0.15) is 45.5 Å². The summed E-state index contributed by atoms with van der Waals surface area (Å²) in [6.07, 6.45) is 0.0587. The number of rotatable bonds is 17. The zero-order valence-electron chi connectivity index (χ0n) is 32.2. The van der Waals surface area contributed by atoms with E-state index in [2.05, 4.69) is 20.1 Å². The van der Waals surface area contributed by atoms with Crippen molar-refractivity contribution in [2.45, 2.75) is 60.6 Å². The summed E-state index contributed by atoms with van der Waals surface area (Å²) in [4.78, 5) is 29.3. The van der Waals surface area contributed by atoms with Crippen molar-refractivity contribution in [1.82, 2.24) is 20.1 Å². The second-order valence-electron chi connectivity index (χ2n) is 14.1. The Morgan fingerprint density at radius 1 is 0.431 bits per heavy atom. The molecule has 58 heavy (non-hydrogen) atoms. The van der Waals surface area contributed by atoms with Crippen LogP contribution in [0.2, 0.25) is 0 Å². The van der Waals surface area contributed by atoms with Gasteiger partial charge in [0.15, 0.2) is 0 Å². The summed E-state index contributed by atoms with van der Waals surface area (Å²) in [5, 5.41) is 6.18. The molecule has 0 bridgehead atoms. The van der Waals surface area contributed by atoms with Crippen LogP contribution in [0, 0.1) is 13.8 Å². The normalized spacial score (nSPS) is 13.8. The number of aryl methyl sites for hydroxylation is 2. The Labute approximate surface area is 340 Å². The van der Waals surface area contributed by atoms with Crippen molar-refractivity contribution >= 4 is 31.9 Å². The lowest BCUT2D eigenvalue weighted by atomic mass is 9.92. The van der Waals surface area contributed by atoms with Gasteiger partial charge >= 0.3 is 0 Å². The Bertz CT molecular complexity index is 2310. The molecular weight excluding hydrogens is 769 g/mol. The van der Waals surface area contributed by atoms with Crippen LogP contribution in [-0.2, 0) is 42.5 Å². The molecule has 0 heterocycles. The minimum absolute atomic E-state index is 0.00976. The van der Waals surface area contributed by atoms with Crippen LogP contribution in [0.25, 0.3) is 0 Å². The smallest absolute Gasteiger partial charge is 0.241 e. The first-order chi connectivity index (χ1) is 27.9. The van der Waals surface area contributed by atoms with Gasteiger partial charge in [0.1, 0.15) is 12.1 Å². The highest BCUT2D eigenvalue weighted by molar-refractivity contribution is 7.89. The molecule has 0 fully saturated rings. The van der Waals surface area contributed by atoms with Gasteiger partial charge in [0.05, 0.1) is 21.9 Å². The van der Waals surface area contributed by atoms with Gasteiger partial charge in [-0.05, 0) is 73.2 Å². The SMILES string of the molecule is Cc1ccc(S(=O)(=O)N[C@@H](Cc2ccccc2)C(=O)N[C@H](c2ccccc2)[C@H](NC(=O)[C@H](Cc2ccccc2)NS(=O)(=O)c2ccc(C)cc2)c2ccccc2)cc1. The number of amides is 2. The van der Waals surface area contributed by atoms with Crippen molar-refractivity contribution in [1.29, 1.82) is 0 Å². The molecule has 4 atom stereocenters. The largest absolute Gasteiger partial charge is 0.345 e. The molecule has 4 N–H and O–H groups in total. The van der Waals surface area contributed by atoms with E-state index in [9.17, 15) is 26.4 Å². The molecule has 0 unspecified atom stereocenters. The number of nitrogens with one attached hydrogen (secondary N) is 4. The van der Waals surface area contributed by atoms with Crippen LogP contribution in [-0.4, -0.2) is 40.7 Å². The highest BCUT2D eigenvalue weighted by atomic mass is 32.2. The lowest BCUT2D eigenvalue weighted by Gasteiger charge is -2.32. The predicted octanol–water partition coefficient (Wildman–Crippen LogP) is 6.50. The first-order valence-electron chi connectivity index (χ1n) is 18.8. The van der Waals surface area contributed by atoms with Gasteiger partial charge in [-0.15, -0.1) is 0 Å². The van der Waals surface area contributed by atoms with Crippen LogP contribution < -0.4 is 20.1 Å². The Balaban J connectivity index is 1.37. The van der Waals surface area contributed by atoms with Crippen LogP contribution in [0.3, 0.4) is 0 Å². The highest BCUT2D eigenvalue weighted by Gasteiger charge is 2.35. The topological polar surface area (TPSA) is 151 Å². The molecule has 0 aromatic heterocycles. The van der Waals surface area contributed by atoms with Gasteiger partial charge in [-0.2, -0.15) is 9.44 Å². The van der Waals surface area contributed by atoms with Gasteiger partial charge in [0, 0.05) is 0 Å². The molecule has 0 aliphatic rings. The van der Waals surface area contributed by atoms with Crippen molar-refractivity contribution in [2.24, 2.45) is 0 Å². The third-order valence-electron chi connectivity index (χ3n) is 9.70. The van der Waals surface area contributed by atoms with E-state index in [0.29, 0.717) is 11.1 Å². The third-order valence-corrected chi connectivity index (χ3v) is 12.7. The minimum atomic E-state index is -4.16. The first kappa shape index (κ1) is 41.7. The number of hydrogen-bond donors (Lipinski definition) is 4. The molecule has 0 radical (unpaired) electrons. The maximum atomic E-state index is 14.6. The molecule has 0 saturated heterocycles. The summed E-state index contributed by atoms with van der Waals surface area (Å²) in [6, 6.07) is 44.5. The maximum Gasteiger partial charge on any atom is 0.241 e. The summed E-state index contributed by atoms with van der Waals surface area (Å²) >= 11 is 0. The van der Waals surface area contributed by atoms with Gasteiger partial charge in [-0.3, -0.25) is 9.59 Å². The second-order valence-corrected chi connectivity index (χ2v) is 17.6. The number of hydrogen-bond acceptors (Lipinski definition) is 6. The molecule has 0 spiro atoms. The number of carbonyl (C=O) groups excluding carboxylic acids is 2. The zero-order valence-corrected chi connectivity index (χ0v) is 33.8. The number of carbonyl (C=O) groups is 2. The summed E-state index contributed by atoms with van der Waals surface area (Å²) in [6.45, 7) is 3.70. The molecule has 298 valence electrons. The number of benzene rings is 6. The van der Waals surface area contributed by atoms with Gasteiger partial charge in [0.25, 0.3) is 0 Å². The highest BCUT2D eigenvalue weighted by Crippen LogP contribution is 2.30. The lowest BCUT2D eigenvalue weighted by molar-refractivity contribution is -0.126. The van der Waals surface area contributed by atoms with Crippen molar-refractivity contribution < 1.29 is 26.4 Å². The Hall–Kier alpha value is -5.92. The van der Waals surface area contributed by atoms with E-state index in [1.165, 1.54) is 24.3 Å². The minimum Gasteiger partial charge on any atom is -0.345 e. The quantitative estimate of drug-likeness (QED) is 0.0827. The standard InChI is InChI=1S/C46H46N4O6S2/c1-33-23-27-39(28-24-33)57(53,54)49-41(31-35-15-7-3-8-16-35)45(51)47-43(37-19-11-5-12-20-37)44(38-21-13-6-14-22-38)48-46(52)42(32-36-17-9-4-10-18-36)50-58(55,56)40-29-25-34(2)26-30-40/h3-30,41-44,49-50H,31-32H2,1-2H3,(H,47,51)(H,48,52)/t41-,42-,43+,44+/m0/s1. The van der Waals surface area contributed by atoms with Gasteiger partial charge in [-0.25, -0.2) is 16.8 Å². The van der Waals surface area contributed by atoms with Crippen LogP contribution in [0.15, 0.2) is 180 Å². The second kappa shape index (κ2) is 19.0. The fraction of sp³-hybridized carbons (Fsp3) is 0.174. The maximum absolute atomic E-state index is 14.6. The molecular formula is C46H46N4O6S2. The van der Waals surface area contributed by atoms with E-state index in [1.54, 1.807) is 72.8 Å². The van der Waals surface area contributed by atoms with Gasteiger partial charge < -0.3 is 10.6 Å². The van der Waals surface area contributed by atoms with Crippen LogP contribution >= 0.6 is 0 Å². The molecule has 0 aliphatic carbocycles. The average Bonchev–Trinajstić information content (AvgIpc) is 3.23. The summed E-state index contributed by atoms with van der Waals surface area (Å²) in [7, 11) is -8.33. The zero-order chi connectivity index (χ0) is 41.1. The van der Waals surface area contributed by atoms with Crippen molar-refractivity contribution in [2.75, 3.05) is 0 Å². The molecule has 12 heteroatoms. The van der Waals surface area contributed by atoms with E-state index < -0.39 is 56.0 Å². The Morgan fingerprint density at radius 3 is 1.03 bits per heavy atom. The lowest BCUT2D eigenvalue weighted by Crippen LogP contribution is -2.53. The molecule has 6 aromatic rings. The molecule has 0 aliphatic heterocycles. The predicted molar refractivity (Wildman–Crippen MR) is 226 cm³/mol. The third kappa shape index (κ3) is 11.1. The van der Waals surface area contributed by atoms with Crippen molar-refractivity contribution in [3.8, 4) is 0 Å². The molecule has 10 nitrogen and oxygen atoms in total. The number of sulfonamides is 2. The monoisotopic (exact) mass is 814 g/mol. The van der Waals surface area contributed by atoms with Crippen molar-refractivity contribution in [3.05, 3.63) is 203 Å². The van der Waals surface area contributed by atoms with E-state index in [1.807, 2.05) is 86.6 Å².